The lowest BCUT2D eigenvalue weighted by molar-refractivity contribution is 0.185. The van der Waals surface area contributed by atoms with E-state index in [1.807, 2.05) is 6.92 Å². The number of rotatable bonds is 8. The van der Waals surface area contributed by atoms with E-state index in [0.29, 0.717) is 31.7 Å². The molecule has 1 aliphatic heterocycles. The number of nitrogens with one attached hydrogen (secondary N) is 1. The van der Waals surface area contributed by atoms with Crippen LogP contribution in [0.15, 0.2) is 18.9 Å². The molecule has 1 N–H and O–H groups in total. The predicted molar refractivity (Wildman–Crippen MR) is 97.3 cm³/mol. The van der Waals surface area contributed by atoms with Crippen LogP contribution in [0.1, 0.15) is 31.9 Å². The van der Waals surface area contributed by atoms with Crippen molar-refractivity contribution in [1.82, 2.24) is 9.62 Å². The van der Waals surface area contributed by atoms with Crippen molar-refractivity contribution in [2.24, 2.45) is 4.40 Å². The summed E-state index contributed by atoms with van der Waals surface area (Å²) >= 11 is 0.759. The van der Waals surface area contributed by atoms with Gasteiger partial charge in [0.1, 0.15) is 8.42 Å². The maximum absolute atomic E-state index is 12.9. The van der Waals surface area contributed by atoms with E-state index in [1.54, 1.807) is 7.11 Å². The van der Waals surface area contributed by atoms with Gasteiger partial charge in [-0.15, -0.1) is 11.3 Å². The van der Waals surface area contributed by atoms with Gasteiger partial charge in [-0.1, -0.05) is 6.92 Å². The van der Waals surface area contributed by atoms with E-state index in [2.05, 4.69) is 9.71 Å². The lowest BCUT2D eigenvalue weighted by Crippen LogP contribution is -2.43. The van der Waals surface area contributed by atoms with Gasteiger partial charge in [-0.2, -0.15) is 17.1 Å². The molecule has 1 aromatic heterocycles. The zero-order chi connectivity index (χ0) is 18.7. The van der Waals surface area contributed by atoms with E-state index in [-0.39, 0.29) is 21.0 Å². The first-order valence-corrected chi connectivity index (χ1v) is 11.6. The first kappa shape index (κ1) is 20.5. The highest BCUT2D eigenvalue weighted by atomic mass is 32.3. The number of nitrogens with zero attached hydrogens (tertiary/aromatic N) is 2. The second-order valence-electron chi connectivity index (χ2n) is 5.47. The first-order chi connectivity index (χ1) is 11.8. The molecular formula is C14H23N3O5S3. The lowest BCUT2D eigenvalue weighted by atomic mass is 10.1. The predicted octanol–water partition coefficient (Wildman–Crippen LogP) is 1.22. The highest BCUT2D eigenvalue weighted by molar-refractivity contribution is 7.94. The van der Waals surface area contributed by atoms with Crippen LogP contribution in [0.3, 0.4) is 0 Å². The Bertz CT molecular complexity index is 830. The third-order valence-electron chi connectivity index (χ3n) is 3.74. The van der Waals surface area contributed by atoms with Crippen LogP contribution in [0.2, 0.25) is 0 Å². The Morgan fingerprint density at radius 3 is 2.84 bits per heavy atom. The van der Waals surface area contributed by atoms with E-state index in [9.17, 15) is 16.8 Å². The summed E-state index contributed by atoms with van der Waals surface area (Å²) in [5, 5.41) is 3.23. The van der Waals surface area contributed by atoms with Crippen molar-refractivity contribution in [3.05, 3.63) is 11.6 Å². The second kappa shape index (κ2) is 8.23. The Kier molecular flexibility index (Phi) is 6.74. The van der Waals surface area contributed by atoms with Crippen LogP contribution < -0.4 is 5.32 Å². The highest BCUT2D eigenvalue weighted by Crippen LogP contribution is 2.40. The van der Waals surface area contributed by atoms with E-state index < -0.39 is 20.0 Å². The Hall–Kier alpha value is -0.850. The number of ether oxygens (including phenoxy) is 1. The fraction of sp³-hybridized carbons (Fsp3) is 0.643. The van der Waals surface area contributed by atoms with Crippen molar-refractivity contribution in [2.75, 3.05) is 33.4 Å². The highest BCUT2D eigenvalue weighted by Gasteiger charge is 2.39. The van der Waals surface area contributed by atoms with Crippen molar-refractivity contribution in [2.45, 2.75) is 34.7 Å². The number of hydrogen-bond acceptors (Lipinski definition) is 7. The molecule has 0 spiro atoms. The second-order valence-corrected chi connectivity index (χ2v) is 10.5. The average Bonchev–Trinajstić information content (AvgIpc) is 2.99. The Balaban J connectivity index is 2.48. The Morgan fingerprint density at radius 1 is 1.52 bits per heavy atom. The summed E-state index contributed by atoms with van der Waals surface area (Å²) in [7, 11) is -6.04. The molecule has 0 saturated heterocycles. The van der Waals surface area contributed by atoms with Crippen molar-refractivity contribution in [3.8, 4) is 0 Å². The van der Waals surface area contributed by atoms with Gasteiger partial charge in [0.2, 0.25) is 0 Å². The van der Waals surface area contributed by atoms with Crippen LogP contribution in [-0.2, 0) is 24.8 Å². The summed E-state index contributed by atoms with van der Waals surface area (Å²) in [5.41, 5.74) is 0.500. The molecule has 1 aliphatic rings. The molecule has 0 amide bonds. The molecule has 0 saturated carbocycles. The summed E-state index contributed by atoms with van der Waals surface area (Å²) in [6.07, 6.45) is 1.75. The maximum atomic E-state index is 12.9. The summed E-state index contributed by atoms with van der Waals surface area (Å²) in [6, 6.07) is 1.18. The molecule has 0 fully saturated rings. The molecular weight excluding hydrogens is 386 g/mol. The number of fused-ring (bicyclic) bond motifs is 1. The maximum Gasteiger partial charge on any atom is 0.291 e. The van der Waals surface area contributed by atoms with Gasteiger partial charge in [0, 0.05) is 44.6 Å². The van der Waals surface area contributed by atoms with Crippen LogP contribution in [0.4, 0.5) is 0 Å². The van der Waals surface area contributed by atoms with Gasteiger partial charge in [0.15, 0.2) is 0 Å². The Labute approximate surface area is 153 Å². The minimum absolute atomic E-state index is 0.0548. The number of sulfonamides is 2. The van der Waals surface area contributed by atoms with Crippen LogP contribution in [0, 0.1) is 0 Å². The quantitative estimate of drug-likeness (QED) is 0.511. The molecule has 25 heavy (non-hydrogen) atoms. The number of likely N-dealkylation sites (N-methyl/N-ethyl adjacent to an activating group) is 1. The number of methoxy groups -OCH3 is 1. The van der Waals surface area contributed by atoms with E-state index in [4.69, 9.17) is 4.74 Å². The smallest absolute Gasteiger partial charge is 0.291 e. The van der Waals surface area contributed by atoms with Crippen molar-refractivity contribution < 1.29 is 21.6 Å². The molecule has 0 unspecified atom stereocenters. The lowest BCUT2D eigenvalue weighted by Gasteiger charge is -2.32. The van der Waals surface area contributed by atoms with Gasteiger partial charge in [0.25, 0.3) is 20.0 Å². The van der Waals surface area contributed by atoms with Crippen molar-refractivity contribution in [3.63, 3.8) is 0 Å². The zero-order valence-electron chi connectivity index (χ0n) is 14.4. The van der Waals surface area contributed by atoms with Crippen LogP contribution in [0.5, 0.6) is 0 Å². The van der Waals surface area contributed by atoms with Crippen LogP contribution >= 0.6 is 11.3 Å². The van der Waals surface area contributed by atoms with E-state index >= 15 is 0 Å². The number of hydrogen-bond donors (Lipinski definition) is 1. The standard InChI is InChI=1S/C14H23N3O5S3/c1-4-15-12-10-17(7-6-8-22-3)25(20,21)14-11(12)9-13(23-14)24(18,19)16-5-2/h5,9,12,15H,4,6-8,10H2,1-3H3/b16-5+/t12-/m0/s1. The van der Waals surface area contributed by atoms with Gasteiger partial charge in [-0.3, -0.25) is 0 Å². The van der Waals surface area contributed by atoms with Crippen LogP contribution in [-0.4, -0.2) is 60.7 Å². The normalized spacial score (nSPS) is 20.8. The molecule has 0 radical (unpaired) electrons. The van der Waals surface area contributed by atoms with Gasteiger partial charge >= 0.3 is 0 Å². The SMILES string of the molecule is C/C=N/S(=O)(=O)c1cc2c(s1)S(=O)(=O)N(CCCOC)C[C@@H]2NCC. The summed E-state index contributed by atoms with van der Waals surface area (Å²) < 4.78 is 60.0. The van der Waals surface area contributed by atoms with E-state index in [0.717, 1.165) is 11.3 Å². The molecule has 2 rings (SSSR count). The third-order valence-corrected chi connectivity index (χ3v) is 9.08. The average molecular weight is 410 g/mol. The topological polar surface area (TPSA) is 105 Å². The number of thiophene rings is 1. The summed E-state index contributed by atoms with van der Waals surface area (Å²) in [6.45, 7) is 5.11. The molecule has 0 bridgehead atoms. The molecule has 11 heteroatoms. The van der Waals surface area contributed by atoms with Crippen molar-refractivity contribution in [1.29, 1.82) is 0 Å². The molecule has 1 atom stereocenters. The largest absolute Gasteiger partial charge is 0.385 e. The third kappa shape index (κ3) is 4.29. The molecule has 1 aromatic rings. The fourth-order valence-corrected chi connectivity index (χ4v) is 7.42. The van der Waals surface area contributed by atoms with Crippen LogP contribution in [0.25, 0.3) is 0 Å². The minimum Gasteiger partial charge on any atom is -0.385 e. The van der Waals surface area contributed by atoms with Gasteiger partial charge in [-0.05, 0) is 26.0 Å². The molecule has 2 heterocycles. The monoisotopic (exact) mass is 409 g/mol. The molecule has 0 aliphatic carbocycles. The van der Waals surface area contributed by atoms with Gasteiger partial charge in [-0.25, -0.2) is 8.42 Å². The summed E-state index contributed by atoms with van der Waals surface area (Å²) in [4.78, 5) is 0. The minimum atomic E-state index is -3.87. The van der Waals surface area contributed by atoms with Gasteiger partial charge < -0.3 is 10.1 Å². The fourth-order valence-electron chi connectivity index (χ4n) is 2.66. The van der Waals surface area contributed by atoms with Gasteiger partial charge in [0.05, 0.1) is 0 Å². The van der Waals surface area contributed by atoms with E-state index in [1.165, 1.54) is 23.5 Å². The molecule has 0 aromatic carbocycles. The zero-order valence-corrected chi connectivity index (χ0v) is 16.9. The summed E-state index contributed by atoms with van der Waals surface area (Å²) in [5.74, 6) is 0. The Morgan fingerprint density at radius 2 is 2.24 bits per heavy atom. The molecule has 8 nitrogen and oxygen atoms in total. The first-order valence-electron chi connectivity index (χ1n) is 7.89. The molecule has 142 valence electrons. The van der Waals surface area contributed by atoms with Crippen molar-refractivity contribution >= 4 is 37.6 Å².